The third-order valence-corrected chi connectivity index (χ3v) is 5.35. The van der Waals surface area contributed by atoms with Crippen LogP contribution < -0.4 is 16.0 Å². The van der Waals surface area contributed by atoms with Gasteiger partial charge in [-0.25, -0.2) is 4.79 Å². The molecule has 0 saturated heterocycles. The lowest BCUT2D eigenvalue weighted by Gasteiger charge is -2.18. The minimum atomic E-state index is -0.195. The number of thiophene rings is 1. The highest BCUT2D eigenvalue weighted by molar-refractivity contribution is 7.10. The molecule has 1 fully saturated rings. The molecule has 1 aliphatic rings. The van der Waals surface area contributed by atoms with Crippen LogP contribution in [0.2, 0.25) is 0 Å². The lowest BCUT2D eigenvalue weighted by atomic mass is 10.1. The second-order valence-corrected chi connectivity index (χ2v) is 7.44. The van der Waals surface area contributed by atoms with E-state index in [2.05, 4.69) is 16.0 Å². The van der Waals surface area contributed by atoms with Crippen molar-refractivity contribution < 1.29 is 9.59 Å². The molecule has 132 valence electrons. The first kappa shape index (κ1) is 17.5. The zero-order valence-corrected chi connectivity index (χ0v) is 15.2. The fraction of sp³-hybridized carbons (Fsp3) is 0.368. The molecular formula is C19H23N3O2S. The van der Waals surface area contributed by atoms with Crippen molar-refractivity contribution in [2.24, 2.45) is 5.92 Å². The summed E-state index contributed by atoms with van der Waals surface area (Å²) >= 11 is 1.62. The highest BCUT2D eigenvalue weighted by atomic mass is 32.1. The van der Waals surface area contributed by atoms with E-state index in [-0.39, 0.29) is 29.9 Å². The number of rotatable bonds is 6. The predicted molar refractivity (Wildman–Crippen MR) is 101 cm³/mol. The van der Waals surface area contributed by atoms with Crippen LogP contribution >= 0.6 is 11.3 Å². The van der Waals surface area contributed by atoms with E-state index in [4.69, 9.17) is 0 Å². The van der Waals surface area contributed by atoms with Gasteiger partial charge in [-0.2, -0.15) is 0 Å². The van der Waals surface area contributed by atoms with Gasteiger partial charge in [-0.05, 0) is 55.8 Å². The van der Waals surface area contributed by atoms with Gasteiger partial charge in [0.1, 0.15) is 0 Å². The monoisotopic (exact) mass is 357 g/mol. The van der Waals surface area contributed by atoms with Crippen LogP contribution in [0, 0.1) is 5.92 Å². The van der Waals surface area contributed by atoms with Crippen molar-refractivity contribution in [3.63, 3.8) is 0 Å². The Morgan fingerprint density at radius 3 is 2.32 bits per heavy atom. The van der Waals surface area contributed by atoms with Crippen molar-refractivity contribution in [3.05, 3.63) is 52.2 Å². The van der Waals surface area contributed by atoms with Crippen molar-refractivity contribution in [1.82, 2.24) is 10.6 Å². The first-order valence-electron chi connectivity index (χ1n) is 8.54. The fourth-order valence-electron chi connectivity index (χ4n) is 2.57. The number of anilines is 1. The summed E-state index contributed by atoms with van der Waals surface area (Å²) in [5.41, 5.74) is 1.78. The molecule has 3 amide bonds. The zero-order chi connectivity index (χ0) is 17.8. The Morgan fingerprint density at radius 1 is 1.04 bits per heavy atom. The molecule has 0 radical (unpaired) electrons. The van der Waals surface area contributed by atoms with Crippen molar-refractivity contribution in [2.45, 2.75) is 38.8 Å². The molecule has 3 rings (SSSR count). The number of carbonyl (C=O) groups excluding carboxylic acids is 2. The first-order valence-corrected chi connectivity index (χ1v) is 9.42. The average molecular weight is 357 g/mol. The van der Waals surface area contributed by atoms with Crippen LogP contribution in [0.25, 0.3) is 0 Å². The van der Waals surface area contributed by atoms with Gasteiger partial charge in [-0.15, -0.1) is 11.3 Å². The maximum absolute atomic E-state index is 12.2. The van der Waals surface area contributed by atoms with Gasteiger partial charge in [0.05, 0.1) is 12.1 Å². The van der Waals surface area contributed by atoms with Crippen molar-refractivity contribution in [1.29, 1.82) is 0 Å². The predicted octanol–water partition coefficient (Wildman–Crippen LogP) is 4.22. The molecule has 0 bridgehead atoms. The Bertz CT molecular complexity index is 724. The summed E-state index contributed by atoms with van der Waals surface area (Å²) < 4.78 is 0. The number of urea groups is 1. The lowest BCUT2D eigenvalue weighted by Crippen LogP contribution is -2.38. The number of amides is 3. The SMILES string of the molecule is C[C@H](NC(=O)N[C@@H](C)c1cccs1)c1ccc(NC(=O)C2CC2)cc1. The van der Waals surface area contributed by atoms with Gasteiger partial charge in [-0.3, -0.25) is 4.79 Å². The Labute approximate surface area is 151 Å². The highest BCUT2D eigenvalue weighted by Gasteiger charge is 2.29. The minimum absolute atomic E-state index is 0.0211. The second kappa shape index (κ2) is 7.70. The number of hydrogen-bond acceptors (Lipinski definition) is 3. The molecule has 0 unspecified atom stereocenters. The molecule has 0 spiro atoms. The zero-order valence-electron chi connectivity index (χ0n) is 14.4. The van der Waals surface area contributed by atoms with Gasteiger partial charge in [0.25, 0.3) is 0 Å². The molecule has 2 aromatic rings. The largest absolute Gasteiger partial charge is 0.332 e. The second-order valence-electron chi connectivity index (χ2n) is 6.46. The Morgan fingerprint density at radius 2 is 1.72 bits per heavy atom. The summed E-state index contributed by atoms with van der Waals surface area (Å²) in [5.74, 6) is 0.287. The summed E-state index contributed by atoms with van der Waals surface area (Å²) in [6.07, 6.45) is 1.98. The summed E-state index contributed by atoms with van der Waals surface area (Å²) in [6.45, 7) is 3.90. The molecule has 1 aromatic heterocycles. The maximum Gasteiger partial charge on any atom is 0.315 e. The fourth-order valence-corrected chi connectivity index (χ4v) is 3.31. The van der Waals surface area contributed by atoms with Crippen molar-refractivity contribution >= 4 is 29.0 Å². The molecule has 1 heterocycles. The van der Waals surface area contributed by atoms with Gasteiger partial charge in [0.15, 0.2) is 0 Å². The molecule has 1 saturated carbocycles. The molecule has 3 N–H and O–H groups in total. The van der Waals surface area contributed by atoms with Crippen LogP contribution in [0.1, 0.15) is 49.2 Å². The van der Waals surface area contributed by atoms with Gasteiger partial charge in [0.2, 0.25) is 5.91 Å². The van der Waals surface area contributed by atoms with E-state index in [0.717, 1.165) is 29.0 Å². The summed E-state index contributed by atoms with van der Waals surface area (Å²) in [6, 6.07) is 11.2. The number of hydrogen-bond donors (Lipinski definition) is 3. The van der Waals surface area contributed by atoms with E-state index in [1.807, 2.05) is 55.6 Å². The third-order valence-electron chi connectivity index (χ3n) is 4.29. The third kappa shape index (κ3) is 4.82. The van der Waals surface area contributed by atoms with Crippen LogP contribution in [0.3, 0.4) is 0 Å². The smallest absolute Gasteiger partial charge is 0.315 e. The van der Waals surface area contributed by atoms with Gasteiger partial charge < -0.3 is 16.0 Å². The molecule has 1 aromatic carbocycles. The quantitative estimate of drug-likeness (QED) is 0.724. The molecule has 2 atom stereocenters. The Hall–Kier alpha value is -2.34. The van der Waals surface area contributed by atoms with E-state index >= 15 is 0 Å². The van der Waals surface area contributed by atoms with Crippen LogP contribution in [-0.4, -0.2) is 11.9 Å². The highest BCUT2D eigenvalue weighted by Crippen LogP contribution is 2.30. The van der Waals surface area contributed by atoms with Crippen LogP contribution in [0.4, 0.5) is 10.5 Å². The maximum atomic E-state index is 12.2. The molecule has 5 nitrogen and oxygen atoms in total. The van der Waals surface area contributed by atoms with Crippen LogP contribution in [0.5, 0.6) is 0 Å². The van der Waals surface area contributed by atoms with E-state index in [1.165, 1.54) is 0 Å². The van der Waals surface area contributed by atoms with E-state index in [0.29, 0.717) is 0 Å². The first-order chi connectivity index (χ1) is 12.0. The van der Waals surface area contributed by atoms with E-state index in [1.54, 1.807) is 11.3 Å². The standard InChI is InChI=1S/C19H23N3O2S/c1-12(20-19(24)21-13(2)17-4-3-11-25-17)14-7-9-16(10-8-14)22-18(23)15-5-6-15/h3-4,7-13,15H,5-6H2,1-2H3,(H,22,23)(H2,20,21,24)/t12-,13-/m0/s1. The molecule has 1 aliphatic carbocycles. The van der Waals surface area contributed by atoms with Crippen molar-refractivity contribution in [3.8, 4) is 0 Å². The number of benzene rings is 1. The lowest BCUT2D eigenvalue weighted by molar-refractivity contribution is -0.117. The topological polar surface area (TPSA) is 70.2 Å². The van der Waals surface area contributed by atoms with Gasteiger partial charge in [0, 0.05) is 16.5 Å². The Kier molecular flexibility index (Phi) is 5.38. The van der Waals surface area contributed by atoms with Gasteiger partial charge in [-0.1, -0.05) is 18.2 Å². The average Bonchev–Trinajstić information content (AvgIpc) is 3.29. The number of carbonyl (C=O) groups is 2. The molecule has 6 heteroatoms. The molecule has 0 aliphatic heterocycles. The molecular weight excluding hydrogens is 334 g/mol. The van der Waals surface area contributed by atoms with Crippen LogP contribution in [0.15, 0.2) is 41.8 Å². The van der Waals surface area contributed by atoms with E-state index < -0.39 is 0 Å². The Balaban J connectivity index is 1.50. The minimum Gasteiger partial charge on any atom is -0.332 e. The normalized spacial score (nSPS) is 15.9. The summed E-state index contributed by atoms with van der Waals surface area (Å²) in [7, 11) is 0. The van der Waals surface area contributed by atoms with Crippen molar-refractivity contribution in [2.75, 3.05) is 5.32 Å². The number of nitrogens with one attached hydrogen (secondary N) is 3. The van der Waals surface area contributed by atoms with Crippen LogP contribution in [-0.2, 0) is 4.79 Å². The van der Waals surface area contributed by atoms with Gasteiger partial charge >= 0.3 is 6.03 Å². The van der Waals surface area contributed by atoms with E-state index in [9.17, 15) is 9.59 Å². The molecule has 25 heavy (non-hydrogen) atoms. The summed E-state index contributed by atoms with van der Waals surface area (Å²) in [4.78, 5) is 25.0. The summed E-state index contributed by atoms with van der Waals surface area (Å²) in [5, 5.41) is 10.8.